The van der Waals surface area contributed by atoms with Crippen molar-refractivity contribution in [3.05, 3.63) is 12.2 Å². The molecule has 4 atom stereocenters. The van der Waals surface area contributed by atoms with E-state index in [1.165, 1.54) is 0 Å². The summed E-state index contributed by atoms with van der Waals surface area (Å²) in [6.07, 6.45) is 4.35. The summed E-state index contributed by atoms with van der Waals surface area (Å²) < 4.78 is 0. The predicted octanol–water partition coefficient (Wildman–Crippen LogP) is 1.12. The van der Waals surface area contributed by atoms with E-state index in [9.17, 15) is 14.7 Å². The van der Waals surface area contributed by atoms with Gasteiger partial charge in [-0.25, -0.2) is 0 Å². The van der Waals surface area contributed by atoms with Crippen molar-refractivity contribution in [1.29, 1.82) is 0 Å². The van der Waals surface area contributed by atoms with E-state index in [2.05, 4.69) is 24.1 Å². The zero-order valence-electron chi connectivity index (χ0n) is 12.9. The second-order valence-electron chi connectivity index (χ2n) is 7.01. The van der Waals surface area contributed by atoms with Crippen LogP contribution in [-0.2, 0) is 9.59 Å². The van der Waals surface area contributed by atoms with Gasteiger partial charge in [-0.3, -0.25) is 9.59 Å². The van der Waals surface area contributed by atoms with Crippen molar-refractivity contribution in [2.75, 3.05) is 6.54 Å². The summed E-state index contributed by atoms with van der Waals surface area (Å²) in [4.78, 5) is 23.2. The topological polar surface area (TPSA) is 78.4 Å². The Morgan fingerprint density at radius 3 is 2.62 bits per heavy atom. The van der Waals surface area contributed by atoms with Gasteiger partial charge in [0.15, 0.2) is 0 Å². The van der Waals surface area contributed by atoms with Crippen molar-refractivity contribution in [2.24, 2.45) is 11.8 Å². The maximum absolute atomic E-state index is 11.9. The molecule has 4 unspecified atom stereocenters. The van der Waals surface area contributed by atoms with E-state index in [0.717, 1.165) is 25.7 Å². The van der Waals surface area contributed by atoms with Crippen molar-refractivity contribution in [3.63, 3.8) is 0 Å². The molecule has 3 N–H and O–H groups in total. The average molecular weight is 294 g/mol. The summed E-state index contributed by atoms with van der Waals surface area (Å²) in [5.41, 5.74) is -0.238. The van der Waals surface area contributed by atoms with Crippen LogP contribution in [0.5, 0.6) is 0 Å². The zero-order valence-corrected chi connectivity index (χ0v) is 12.9. The molecule has 2 fully saturated rings. The van der Waals surface area contributed by atoms with Crippen LogP contribution in [0.3, 0.4) is 0 Å². The number of carbonyl (C=O) groups is 2. The molecule has 0 aromatic heterocycles. The molecule has 2 aliphatic carbocycles. The third kappa shape index (κ3) is 4.30. The smallest absolute Gasteiger partial charge is 0.246 e. The quantitative estimate of drug-likeness (QED) is 0.680. The first kappa shape index (κ1) is 16.0. The first-order valence-electron chi connectivity index (χ1n) is 7.73. The van der Waals surface area contributed by atoms with Crippen molar-refractivity contribution >= 4 is 11.8 Å². The molecular weight excluding hydrogens is 268 g/mol. The number of hydrogen-bond acceptors (Lipinski definition) is 3. The lowest BCUT2D eigenvalue weighted by Gasteiger charge is -2.47. The van der Waals surface area contributed by atoms with E-state index < -0.39 is 5.60 Å². The summed E-state index contributed by atoms with van der Waals surface area (Å²) >= 11 is 0. The monoisotopic (exact) mass is 294 g/mol. The summed E-state index contributed by atoms with van der Waals surface area (Å²) in [7, 11) is 0. The average Bonchev–Trinajstić information content (AvgIpc) is 2.32. The van der Waals surface area contributed by atoms with Crippen molar-refractivity contribution in [1.82, 2.24) is 10.6 Å². The molecule has 5 nitrogen and oxygen atoms in total. The van der Waals surface area contributed by atoms with E-state index in [1.54, 1.807) is 6.92 Å². The number of nitrogens with one attached hydrogen (secondary N) is 2. The van der Waals surface area contributed by atoms with Crippen LogP contribution >= 0.6 is 0 Å². The van der Waals surface area contributed by atoms with E-state index in [4.69, 9.17) is 0 Å². The van der Waals surface area contributed by atoms with Crippen LogP contribution in [0.1, 0.15) is 46.0 Å². The van der Waals surface area contributed by atoms with Gasteiger partial charge >= 0.3 is 0 Å². The molecule has 118 valence electrons. The predicted molar refractivity (Wildman–Crippen MR) is 80.4 cm³/mol. The molecule has 2 aliphatic rings. The Labute approximate surface area is 126 Å². The van der Waals surface area contributed by atoms with Gasteiger partial charge in [0.05, 0.1) is 12.1 Å². The van der Waals surface area contributed by atoms with E-state index >= 15 is 0 Å². The maximum Gasteiger partial charge on any atom is 0.246 e. The van der Waals surface area contributed by atoms with Crippen molar-refractivity contribution in [3.8, 4) is 0 Å². The minimum Gasteiger partial charge on any atom is -0.390 e. The highest BCUT2D eigenvalue weighted by Crippen LogP contribution is 2.45. The minimum atomic E-state index is -0.626. The fraction of sp³-hybridized carbons (Fsp3) is 0.750. The fourth-order valence-electron chi connectivity index (χ4n) is 4.00. The van der Waals surface area contributed by atoms with Crippen LogP contribution < -0.4 is 10.6 Å². The van der Waals surface area contributed by atoms with Crippen LogP contribution in [-0.4, -0.2) is 35.1 Å². The van der Waals surface area contributed by atoms with Crippen molar-refractivity contribution in [2.45, 2.75) is 57.6 Å². The molecule has 0 aliphatic heterocycles. The Balaban J connectivity index is 1.82. The molecule has 2 rings (SSSR count). The van der Waals surface area contributed by atoms with Gasteiger partial charge in [-0.1, -0.05) is 13.5 Å². The van der Waals surface area contributed by atoms with Gasteiger partial charge in [0, 0.05) is 11.6 Å². The van der Waals surface area contributed by atoms with Crippen LogP contribution in [0, 0.1) is 11.8 Å². The Morgan fingerprint density at radius 2 is 2.00 bits per heavy atom. The van der Waals surface area contributed by atoms with Crippen molar-refractivity contribution < 1.29 is 14.7 Å². The molecule has 21 heavy (non-hydrogen) atoms. The number of carbonyl (C=O) groups excluding carboxylic acids is 2. The molecule has 2 bridgehead atoms. The van der Waals surface area contributed by atoms with E-state index in [1.807, 2.05) is 0 Å². The van der Waals surface area contributed by atoms with Crippen LogP contribution in [0.4, 0.5) is 0 Å². The molecule has 0 saturated heterocycles. The zero-order chi connectivity index (χ0) is 15.6. The Kier molecular flexibility index (Phi) is 4.71. The second-order valence-corrected chi connectivity index (χ2v) is 7.01. The first-order valence-corrected chi connectivity index (χ1v) is 7.73. The highest BCUT2D eigenvalue weighted by atomic mass is 16.3. The number of amides is 2. The minimum absolute atomic E-state index is 0.00970. The molecule has 0 radical (unpaired) electrons. The van der Waals surface area contributed by atoms with Crippen LogP contribution in [0.25, 0.3) is 0 Å². The van der Waals surface area contributed by atoms with Gasteiger partial charge in [0.25, 0.3) is 0 Å². The molecule has 2 saturated carbocycles. The summed E-state index contributed by atoms with van der Waals surface area (Å²) in [5.74, 6) is 0.535. The Hall–Kier alpha value is -1.36. The lowest BCUT2D eigenvalue weighted by Crippen LogP contribution is -2.53. The molecular formula is C16H26N2O3. The van der Waals surface area contributed by atoms with Gasteiger partial charge in [-0.15, -0.1) is 0 Å². The number of aliphatic hydroxyl groups is 1. The highest BCUT2D eigenvalue weighted by Gasteiger charge is 2.44. The SMILES string of the molecule is C=C(C)C(=O)NCC(=O)NC1CC2CC(C)CC(O)(C2)C1. The lowest BCUT2D eigenvalue weighted by molar-refractivity contribution is -0.126. The Bertz CT molecular complexity index is 445. The fourth-order valence-corrected chi connectivity index (χ4v) is 4.00. The van der Waals surface area contributed by atoms with E-state index in [0.29, 0.717) is 23.8 Å². The molecule has 0 heterocycles. The van der Waals surface area contributed by atoms with Gasteiger partial charge in [0.1, 0.15) is 0 Å². The summed E-state index contributed by atoms with van der Waals surface area (Å²) in [6.45, 7) is 7.27. The highest BCUT2D eigenvalue weighted by molar-refractivity contribution is 5.94. The second kappa shape index (κ2) is 6.18. The summed E-state index contributed by atoms with van der Waals surface area (Å²) in [6, 6.07) is 0.00970. The molecule has 0 spiro atoms. The molecule has 5 heteroatoms. The largest absolute Gasteiger partial charge is 0.390 e. The maximum atomic E-state index is 11.9. The normalized spacial score (nSPS) is 34.9. The Morgan fingerprint density at radius 1 is 1.29 bits per heavy atom. The van der Waals surface area contributed by atoms with Gasteiger partial charge in [-0.05, 0) is 50.9 Å². The number of hydrogen-bond donors (Lipinski definition) is 3. The number of rotatable bonds is 4. The van der Waals surface area contributed by atoms with E-state index in [-0.39, 0.29) is 24.4 Å². The third-order valence-electron chi connectivity index (χ3n) is 4.54. The third-order valence-corrected chi connectivity index (χ3v) is 4.54. The van der Waals surface area contributed by atoms with Gasteiger partial charge < -0.3 is 15.7 Å². The van der Waals surface area contributed by atoms with Gasteiger partial charge in [-0.2, -0.15) is 0 Å². The van der Waals surface area contributed by atoms with Crippen LogP contribution in [0.2, 0.25) is 0 Å². The summed E-state index contributed by atoms with van der Waals surface area (Å²) in [5, 5.41) is 16.1. The molecule has 0 aromatic rings. The molecule has 0 aromatic carbocycles. The molecule has 2 amide bonds. The standard InChI is InChI=1S/C16H26N2O3/c1-10(2)15(20)17-9-14(19)18-13-5-12-4-11(3)6-16(21,7-12)8-13/h11-13,21H,1,4-9H2,2-3H3,(H,17,20)(H,18,19). The van der Waals surface area contributed by atoms with Crippen LogP contribution in [0.15, 0.2) is 12.2 Å². The lowest BCUT2D eigenvalue weighted by atomic mass is 9.64. The number of fused-ring (bicyclic) bond motifs is 2. The first-order chi connectivity index (χ1) is 9.77. The van der Waals surface area contributed by atoms with Gasteiger partial charge in [0.2, 0.25) is 11.8 Å².